The van der Waals surface area contributed by atoms with E-state index in [0.29, 0.717) is 35.7 Å². The Kier molecular flexibility index (Phi) is 7.81. The number of amides is 2. The summed E-state index contributed by atoms with van der Waals surface area (Å²) in [6.07, 6.45) is 2.59. The van der Waals surface area contributed by atoms with Gasteiger partial charge in [-0.25, -0.2) is 4.98 Å². The third kappa shape index (κ3) is 6.03. The lowest BCUT2D eigenvalue weighted by atomic mass is 10.1. The molecule has 0 unspecified atom stereocenters. The summed E-state index contributed by atoms with van der Waals surface area (Å²) >= 11 is 1.87. The van der Waals surface area contributed by atoms with Gasteiger partial charge in [0.15, 0.2) is 0 Å². The molecule has 2 saturated heterocycles. The van der Waals surface area contributed by atoms with Crippen LogP contribution in [0.3, 0.4) is 0 Å². The Balaban J connectivity index is 1.32. The van der Waals surface area contributed by atoms with Crippen LogP contribution in [0.4, 0.5) is 11.5 Å². The minimum atomic E-state index is -0.0991. The predicted molar refractivity (Wildman–Crippen MR) is 131 cm³/mol. The van der Waals surface area contributed by atoms with Crippen molar-refractivity contribution >= 4 is 35.1 Å². The molecule has 0 atom stereocenters. The van der Waals surface area contributed by atoms with Crippen LogP contribution in [0.2, 0.25) is 0 Å². The minimum Gasteiger partial charge on any atom is -0.354 e. The second kappa shape index (κ2) is 11.2. The summed E-state index contributed by atoms with van der Waals surface area (Å²) in [6.45, 7) is 4.81. The summed E-state index contributed by atoms with van der Waals surface area (Å²) in [7, 11) is 0. The Morgan fingerprint density at radius 3 is 2.73 bits per heavy atom. The number of nitrogens with one attached hydrogen (secondary N) is 1. The van der Waals surface area contributed by atoms with Gasteiger partial charge >= 0.3 is 0 Å². The van der Waals surface area contributed by atoms with Gasteiger partial charge in [0.1, 0.15) is 11.9 Å². The van der Waals surface area contributed by atoms with Gasteiger partial charge in [0.05, 0.1) is 12.1 Å². The second-order valence-electron chi connectivity index (χ2n) is 8.14. The van der Waals surface area contributed by atoms with Crippen molar-refractivity contribution in [1.29, 1.82) is 5.26 Å². The number of hydrogen-bond donors (Lipinski definition) is 1. The highest BCUT2D eigenvalue weighted by Gasteiger charge is 2.21. The monoisotopic (exact) mass is 464 g/mol. The Hall–Kier alpha value is -3.09. The number of pyridine rings is 1. The molecule has 1 aromatic carbocycles. The zero-order valence-corrected chi connectivity index (χ0v) is 19.4. The maximum Gasteiger partial charge on any atom is 0.253 e. The van der Waals surface area contributed by atoms with E-state index in [0.717, 1.165) is 44.1 Å². The zero-order valence-electron chi connectivity index (χ0n) is 18.6. The van der Waals surface area contributed by atoms with Crippen molar-refractivity contribution in [1.82, 2.24) is 14.8 Å². The van der Waals surface area contributed by atoms with Crippen LogP contribution >= 0.6 is 11.8 Å². The van der Waals surface area contributed by atoms with Crippen LogP contribution in [-0.2, 0) is 4.79 Å². The molecule has 0 spiro atoms. The van der Waals surface area contributed by atoms with Gasteiger partial charge in [-0.2, -0.15) is 17.0 Å². The van der Waals surface area contributed by atoms with Gasteiger partial charge in [0.25, 0.3) is 5.91 Å². The summed E-state index contributed by atoms with van der Waals surface area (Å²) in [5, 5.41) is 12.3. The number of thioether (sulfide) groups is 1. The van der Waals surface area contributed by atoms with Crippen LogP contribution in [0.5, 0.6) is 0 Å². The third-order valence-corrected chi connectivity index (χ3v) is 6.80. The lowest BCUT2D eigenvalue weighted by Crippen LogP contribution is -2.38. The first-order chi connectivity index (χ1) is 16.1. The number of hydrogen-bond acceptors (Lipinski definition) is 7. The average Bonchev–Trinajstić information content (AvgIpc) is 3.09. The molecule has 1 N–H and O–H groups in total. The standard InChI is InChI=1S/C24H28N6O2S/c25-17-20-5-2-7-26-23(20)29-9-3-8-28(10-11-29)18-22(31)27-21-6-1-4-19(16-21)24(32)30-12-14-33-15-13-30/h1-2,4-7,16H,3,8-15,18H2,(H,27,31). The Morgan fingerprint density at radius 2 is 1.91 bits per heavy atom. The van der Waals surface area contributed by atoms with Gasteiger partial charge in [-0.05, 0) is 36.8 Å². The molecule has 33 heavy (non-hydrogen) atoms. The Bertz CT molecular complexity index is 1030. The van der Waals surface area contributed by atoms with Crippen LogP contribution in [0.1, 0.15) is 22.3 Å². The summed E-state index contributed by atoms with van der Waals surface area (Å²) in [5.41, 5.74) is 1.82. The van der Waals surface area contributed by atoms with Crippen molar-refractivity contribution in [2.24, 2.45) is 0 Å². The van der Waals surface area contributed by atoms with Gasteiger partial charge in [0.2, 0.25) is 5.91 Å². The average molecular weight is 465 g/mol. The number of rotatable bonds is 5. The molecule has 0 radical (unpaired) electrons. The molecule has 1 aromatic heterocycles. The molecule has 2 aliphatic heterocycles. The van der Waals surface area contributed by atoms with Gasteiger partial charge in [-0.1, -0.05) is 6.07 Å². The van der Waals surface area contributed by atoms with E-state index in [4.69, 9.17) is 0 Å². The van der Waals surface area contributed by atoms with Crippen molar-refractivity contribution in [3.8, 4) is 6.07 Å². The summed E-state index contributed by atoms with van der Waals surface area (Å²) < 4.78 is 0. The fraction of sp³-hybridized carbons (Fsp3) is 0.417. The molecule has 172 valence electrons. The van der Waals surface area contributed by atoms with Gasteiger partial charge in [0, 0.05) is 68.2 Å². The molecule has 2 aromatic rings. The number of nitrogens with zero attached hydrogens (tertiary/aromatic N) is 5. The lowest BCUT2D eigenvalue weighted by molar-refractivity contribution is -0.117. The van der Waals surface area contributed by atoms with Gasteiger partial charge in [-0.3, -0.25) is 14.5 Å². The number of anilines is 2. The second-order valence-corrected chi connectivity index (χ2v) is 9.36. The highest BCUT2D eigenvalue weighted by atomic mass is 32.2. The fourth-order valence-electron chi connectivity index (χ4n) is 4.16. The number of carbonyl (C=O) groups is 2. The molecule has 9 heteroatoms. The Morgan fingerprint density at radius 1 is 1.06 bits per heavy atom. The number of aromatic nitrogens is 1. The molecule has 8 nitrogen and oxygen atoms in total. The van der Waals surface area contributed by atoms with Crippen molar-refractivity contribution in [3.63, 3.8) is 0 Å². The molecule has 2 fully saturated rings. The van der Waals surface area contributed by atoms with E-state index < -0.39 is 0 Å². The molecule has 2 amide bonds. The highest BCUT2D eigenvalue weighted by Crippen LogP contribution is 2.19. The number of nitriles is 1. The molecule has 0 saturated carbocycles. The predicted octanol–water partition coefficient (Wildman–Crippen LogP) is 2.29. The summed E-state index contributed by atoms with van der Waals surface area (Å²) in [6, 6.07) is 12.9. The zero-order chi connectivity index (χ0) is 23.0. The van der Waals surface area contributed by atoms with E-state index in [1.54, 1.807) is 30.5 Å². The van der Waals surface area contributed by atoms with Crippen LogP contribution in [0.25, 0.3) is 0 Å². The van der Waals surface area contributed by atoms with E-state index in [2.05, 4.69) is 26.2 Å². The van der Waals surface area contributed by atoms with E-state index in [9.17, 15) is 14.9 Å². The van der Waals surface area contributed by atoms with Crippen LogP contribution in [0.15, 0.2) is 42.6 Å². The van der Waals surface area contributed by atoms with E-state index in [-0.39, 0.29) is 18.4 Å². The van der Waals surface area contributed by atoms with Crippen LogP contribution in [-0.4, -0.2) is 83.9 Å². The highest BCUT2D eigenvalue weighted by molar-refractivity contribution is 7.99. The fourth-order valence-corrected chi connectivity index (χ4v) is 5.06. The minimum absolute atomic E-state index is 0.0188. The maximum absolute atomic E-state index is 12.8. The smallest absolute Gasteiger partial charge is 0.253 e. The molecule has 3 heterocycles. The van der Waals surface area contributed by atoms with Crippen molar-refractivity contribution < 1.29 is 9.59 Å². The van der Waals surface area contributed by atoms with Gasteiger partial charge < -0.3 is 15.1 Å². The molecule has 4 rings (SSSR count). The number of carbonyl (C=O) groups excluding carboxylic acids is 2. The van der Waals surface area contributed by atoms with Crippen LogP contribution in [0, 0.1) is 11.3 Å². The van der Waals surface area contributed by atoms with E-state index >= 15 is 0 Å². The van der Waals surface area contributed by atoms with E-state index in [1.165, 1.54) is 0 Å². The first-order valence-corrected chi connectivity index (χ1v) is 12.4. The third-order valence-electron chi connectivity index (χ3n) is 5.85. The van der Waals surface area contributed by atoms with Gasteiger partial charge in [-0.15, -0.1) is 0 Å². The largest absolute Gasteiger partial charge is 0.354 e. The summed E-state index contributed by atoms with van der Waals surface area (Å²) in [5.74, 6) is 2.56. The van der Waals surface area contributed by atoms with Crippen LogP contribution < -0.4 is 10.2 Å². The topological polar surface area (TPSA) is 92.6 Å². The molecular formula is C24H28N6O2S. The number of benzene rings is 1. The first kappa shape index (κ1) is 23.1. The van der Waals surface area contributed by atoms with Crippen molar-refractivity contribution in [2.45, 2.75) is 6.42 Å². The molecule has 0 aliphatic carbocycles. The SMILES string of the molecule is N#Cc1cccnc1N1CCCN(CC(=O)Nc2cccc(C(=O)N3CCSCC3)c2)CC1. The normalized spacial score (nSPS) is 17.2. The molecular weight excluding hydrogens is 436 g/mol. The maximum atomic E-state index is 12.8. The summed E-state index contributed by atoms with van der Waals surface area (Å²) in [4.78, 5) is 36.0. The molecule has 0 bridgehead atoms. The Labute approximate surface area is 198 Å². The van der Waals surface area contributed by atoms with Crippen molar-refractivity contribution in [3.05, 3.63) is 53.7 Å². The molecule has 2 aliphatic rings. The van der Waals surface area contributed by atoms with Crippen molar-refractivity contribution in [2.75, 3.05) is 67.5 Å². The van der Waals surface area contributed by atoms with E-state index in [1.807, 2.05) is 28.8 Å². The quantitative estimate of drug-likeness (QED) is 0.726. The first-order valence-electron chi connectivity index (χ1n) is 11.2. The lowest BCUT2D eigenvalue weighted by Gasteiger charge is -2.26.